The molecule has 0 bridgehead atoms. The Labute approximate surface area is 223 Å². The van der Waals surface area contributed by atoms with Crippen LogP contribution < -0.4 is 10.6 Å². The second-order valence-electron chi connectivity index (χ2n) is 11.8. The van der Waals surface area contributed by atoms with Crippen LogP contribution in [0.15, 0.2) is 24.9 Å². The third-order valence-electron chi connectivity index (χ3n) is 7.96. The molecule has 3 fully saturated rings. The Bertz CT molecular complexity index is 1100. The fourth-order valence-corrected chi connectivity index (χ4v) is 7.97. The lowest BCUT2D eigenvalue weighted by Crippen LogP contribution is -2.58. The second kappa shape index (κ2) is 10.8. The van der Waals surface area contributed by atoms with Crippen LogP contribution in [-0.4, -0.2) is 67.9 Å². The first kappa shape index (κ1) is 28.4. The van der Waals surface area contributed by atoms with E-state index < -0.39 is 42.1 Å². The average molecular weight is 550 g/mol. The van der Waals surface area contributed by atoms with Gasteiger partial charge in [0.1, 0.15) is 23.5 Å². The van der Waals surface area contributed by atoms with Gasteiger partial charge in [0.25, 0.3) is 0 Å². The van der Waals surface area contributed by atoms with Gasteiger partial charge in [0.15, 0.2) is 0 Å². The van der Waals surface area contributed by atoms with Crippen LogP contribution in [0, 0.1) is 11.3 Å². The van der Waals surface area contributed by atoms with Crippen LogP contribution in [0.4, 0.5) is 4.79 Å². The number of amides is 3. The van der Waals surface area contributed by atoms with Gasteiger partial charge in [0.2, 0.25) is 19.2 Å². The van der Waals surface area contributed by atoms with E-state index in [9.17, 15) is 23.8 Å². The fourth-order valence-electron chi connectivity index (χ4n) is 5.66. The number of aromatic nitrogens is 2. The molecule has 2 unspecified atom stereocenters. The smallest absolute Gasteiger partial charge is 0.408 e. The summed E-state index contributed by atoms with van der Waals surface area (Å²) in [6, 6.07) is -0.0849. The SMILES string of the molecule is C=C[C@@H]1C[C@]1(NC(=O)[C@@H]1CCCN1C(=O)C(NC(=O)OC1CCCC1)C(C)(C)C)P(=O)(O)Cc1ccn[nH]1. The molecule has 0 radical (unpaired) electrons. The zero-order valence-corrected chi connectivity index (χ0v) is 23.3. The molecule has 0 spiro atoms. The standard InChI is InChI=1S/C26H40N5O6P/c1-5-17-15-26(17,38(35,36)16-18-12-13-27-30-18)29-22(32)20-11-8-14-31(20)23(33)21(25(2,3)4)28-24(34)37-19-9-6-7-10-19/h5,12-13,17,19-21H,1,6-11,14-16H2,2-4H3,(H,27,30)(H,28,34)(H,29,32)(H,35,36)/t17-,20+,21?,26+/m1/s1. The zero-order chi connectivity index (χ0) is 27.7. The summed E-state index contributed by atoms with van der Waals surface area (Å²) in [7, 11) is -3.91. The van der Waals surface area contributed by atoms with Gasteiger partial charge in [-0.15, -0.1) is 6.58 Å². The number of nitrogens with zero attached hydrogens (tertiary/aromatic N) is 2. The van der Waals surface area contributed by atoms with Gasteiger partial charge in [-0.2, -0.15) is 5.10 Å². The molecule has 2 heterocycles. The maximum Gasteiger partial charge on any atom is 0.408 e. The second-order valence-corrected chi connectivity index (χ2v) is 14.4. The first-order chi connectivity index (χ1) is 17.9. The monoisotopic (exact) mass is 549 g/mol. The number of carbonyl (C=O) groups is 3. The highest BCUT2D eigenvalue weighted by atomic mass is 31.2. The summed E-state index contributed by atoms with van der Waals surface area (Å²) in [6.45, 7) is 9.67. The minimum atomic E-state index is -3.91. The highest BCUT2D eigenvalue weighted by Gasteiger charge is 2.65. The number of alkyl carbamates (subject to hydrolysis) is 1. The van der Waals surface area contributed by atoms with Crippen molar-refractivity contribution in [3.63, 3.8) is 0 Å². The summed E-state index contributed by atoms with van der Waals surface area (Å²) in [5, 5.41) is 10.8. The van der Waals surface area contributed by atoms with Gasteiger partial charge in [-0.3, -0.25) is 19.3 Å². The van der Waals surface area contributed by atoms with Crippen LogP contribution in [0.5, 0.6) is 0 Å². The molecule has 2 aliphatic carbocycles. The Hall–Kier alpha value is -2.65. The lowest BCUT2D eigenvalue weighted by atomic mass is 9.85. The minimum absolute atomic E-state index is 0.139. The number of likely N-dealkylation sites (tertiary alicyclic amines) is 1. The highest BCUT2D eigenvalue weighted by molar-refractivity contribution is 7.59. The van der Waals surface area contributed by atoms with E-state index in [1.54, 1.807) is 12.1 Å². The van der Waals surface area contributed by atoms with Gasteiger partial charge in [-0.1, -0.05) is 26.8 Å². The van der Waals surface area contributed by atoms with Crippen LogP contribution in [-0.2, 0) is 25.1 Å². The van der Waals surface area contributed by atoms with Crippen molar-refractivity contribution in [2.24, 2.45) is 11.3 Å². The van der Waals surface area contributed by atoms with E-state index in [-0.39, 0.29) is 24.1 Å². The van der Waals surface area contributed by atoms with Crippen molar-refractivity contribution in [1.82, 2.24) is 25.7 Å². The molecule has 1 aromatic rings. The molecule has 12 heteroatoms. The Morgan fingerprint density at radius 1 is 1.32 bits per heavy atom. The summed E-state index contributed by atoms with van der Waals surface area (Å²) >= 11 is 0. The van der Waals surface area contributed by atoms with Crippen molar-refractivity contribution in [3.05, 3.63) is 30.6 Å². The molecule has 1 aliphatic heterocycles. The Morgan fingerprint density at radius 2 is 2.03 bits per heavy atom. The fraction of sp³-hybridized carbons (Fsp3) is 0.692. The number of ether oxygens (including phenoxy) is 1. The van der Waals surface area contributed by atoms with Gasteiger partial charge in [0.05, 0.1) is 6.16 Å². The van der Waals surface area contributed by atoms with Gasteiger partial charge in [-0.05, 0) is 56.4 Å². The number of H-pyrrole nitrogens is 1. The molecule has 2 saturated carbocycles. The van der Waals surface area contributed by atoms with Crippen LogP contribution in [0.25, 0.3) is 0 Å². The molecule has 0 aromatic carbocycles. The van der Waals surface area contributed by atoms with Crippen molar-refractivity contribution >= 4 is 25.3 Å². The summed E-state index contributed by atoms with van der Waals surface area (Å²) in [4.78, 5) is 52.5. The quantitative estimate of drug-likeness (QED) is 0.272. The summed E-state index contributed by atoms with van der Waals surface area (Å²) in [6.07, 6.45) is 7.15. The maximum atomic E-state index is 13.7. The van der Waals surface area contributed by atoms with Gasteiger partial charge >= 0.3 is 6.09 Å². The van der Waals surface area contributed by atoms with Crippen LogP contribution in [0.2, 0.25) is 0 Å². The summed E-state index contributed by atoms with van der Waals surface area (Å²) < 4.78 is 19.0. The number of aromatic amines is 1. The third-order valence-corrected chi connectivity index (χ3v) is 10.6. The molecule has 210 valence electrons. The van der Waals surface area contributed by atoms with E-state index >= 15 is 0 Å². The molecule has 4 rings (SSSR count). The van der Waals surface area contributed by atoms with Crippen molar-refractivity contribution in [2.45, 2.75) is 95.3 Å². The number of carbonyl (C=O) groups excluding carboxylic acids is 3. The molecule has 4 N–H and O–H groups in total. The average Bonchev–Trinajstić information content (AvgIpc) is 3.34. The molecular formula is C26H40N5O6P. The highest BCUT2D eigenvalue weighted by Crippen LogP contribution is 2.70. The van der Waals surface area contributed by atoms with Crippen molar-refractivity contribution < 1.29 is 28.6 Å². The molecular weight excluding hydrogens is 509 g/mol. The number of hydrogen-bond acceptors (Lipinski definition) is 6. The Morgan fingerprint density at radius 3 is 2.61 bits per heavy atom. The van der Waals surface area contributed by atoms with Gasteiger partial charge < -0.3 is 25.2 Å². The molecule has 1 aromatic heterocycles. The van der Waals surface area contributed by atoms with E-state index in [1.165, 1.54) is 11.1 Å². The van der Waals surface area contributed by atoms with E-state index in [2.05, 4.69) is 27.4 Å². The maximum absolute atomic E-state index is 13.7. The minimum Gasteiger partial charge on any atom is -0.446 e. The Kier molecular flexibility index (Phi) is 8.09. The van der Waals surface area contributed by atoms with E-state index in [1.807, 2.05) is 20.8 Å². The number of hydrogen-bond donors (Lipinski definition) is 4. The topological polar surface area (TPSA) is 154 Å². The Balaban J connectivity index is 1.47. The first-order valence-corrected chi connectivity index (χ1v) is 15.2. The van der Waals surface area contributed by atoms with E-state index in [4.69, 9.17) is 4.74 Å². The predicted octanol–water partition coefficient (Wildman–Crippen LogP) is 3.27. The molecule has 3 amide bonds. The molecule has 38 heavy (non-hydrogen) atoms. The molecule has 11 nitrogen and oxygen atoms in total. The van der Waals surface area contributed by atoms with Crippen LogP contribution >= 0.6 is 7.37 Å². The number of rotatable bonds is 9. The molecule has 1 saturated heterocycles. The largest absolute Gasteiger partial charge is 0.446 e. The molecule has 5 atom stereocenters. The number of nitrogens with one attached hydrogen (secondary N) is 3. The van der Waals surface area contributed by atoms with E-state index in [0.717, 1.165) is 25.7 Å². The van der Waals surface area contributed by atoms with Gasteiger partial charge in [-0.25, -0.2) is 4.79 Å². The van der Waals surface area contributed by atoms with Crippen LogP contribution in [0.1, 0.15) is 71.4 Å². The van der Waals surface area contributed by atoms with Crippen molar-refractivity contribution in [3.8, 4) is 0 Å². The third kappa shape index (κ3) is 5.83. The van der Waals surface area contributed by atoms with Crippen molar-refractivity contribution in [2.75, 3.05) is 6.54 Å². The predicted molar refractivity (Wildman–Crippen MR) is 141 cm³/mol. The summed E-state index contributed by atoms with van der Waals surface area (Å²) in [5.74, 6) is -1.20. The van der Waals surface area contributed by atoms with E-state index in [0.29, 0.717) is 31.5 Å². The lowest BCUT2D eigenvalue weighted by Gasteiger charge is -2.36. The zero-order valence-electron chi connectivity index (χ0n) is 22.4. The van der Waals surface area contributed by atoms with Crippen LogP contribution in [0.3, 0.4) is 0 Å². The lowest BCUT2D eigenvalue weighted by molar-refractivity contribution is -0.142. The van der Waals surface area contributed by atoms with Crippen molar-refractivity contribution in [1.29, 1.82) is 0 Å². The summed E-state index contributed by atoms with van der Waals surface area (Å²) in [5.41, 5.74) is -0.133. The normalized spacial score (nSPS) is 27.8. The van der Waals surface area contributed by atoms with Gasteiger partial charge in [0, 0.05) is 24.4 Å². The first-order valence-electron chi connectivity index (χ1n) is 13.4. The molecule has 3 aliphatic rings.